The Balaban J connectivity index is 3.13. The fourth-order valence-electron chi connectivity index (χ4n) is 6.96. The van der Waals surface area contributed by atoms with Crippen molar-refractivity contribution in [3.8, 4) is 0 Å². The fraction of sp³-hybridized carbons (Fsp3) is 0.744. The summed E-state index contributed by atoms with van der Waals surface area (Å²) < 4.78 is -1.19. The average molecular weight is 968 g/mol. The van der Waals surface area contributed by atoms with Gasteiger partial charge in [0.25, 0.3) is 0 Å². The van der Waals surface area contributed by atoms with Gasteiger partial charge < -0.3 is 63.8 Å². The van der Waals surface area contributed by atoms with Crippen molar-refractivity contribution in [1.82, 2.24) is 52.3 Å². The average Bonchev–Trinajstić information content (AvgIpc) is 3.75. The molecule has 1 rings (SSSR count). The van der Waals surface area contributed by atoms with Crippen LogP contribution in [0.15, 0.2) is 4.99 Å². The third kappa shape index (κ3) is 20.8. The lowest BCUT2D eigenvalue weighted by molar-refractivity contribution is -0.142. The molecule has 0 aliphatic carbocycles. The maximum Gasteiger partial charge on any atom is 0.245 e. The molecule has 0 saturated carbocycles. The summed E-state index contributed by atoms with van der Waals surface area (Å²) in [6.07, 6.45) is 2.57. The van der Waals surface area contributed by atoms with Gasteiger partial charge >= 0.3 is 0 Å². The molecule has 1 aliphatic heterocycles. The van der Waals surface area contributed by atoms with Gasteiger partial charge in [-0.05, 0) is 64.7 Å². The molecule has 1 saturated heterocycles. The number of thiol groups is 1. The number of carbonyl (C=O) groups excluding carboxylic acids is 10. The summed E-state index contributed by atoms with van der Waals surface area (Å²) in [6.45, 7) is 14.4. The van der Waals surface area contributed by atoms with E-state index in [-0.39, 0.29) is 43.7 Å². The summed E-state index contributed by atoms with van der Waals surface area (Å²) in [5, 5.41) is 20.9. The second-order valence-corrected chi connectivity index (χ2v) is 18.8. The van der Waals surface area contributed by atoms with E-state index in [1.807, 2.05) is 6.92 Å². The van der Waals surface area contributed by atoms with Crippen molar-refractivity contribution in [3.63, 3.8) is 0 Å². The van der Waals surface area contributed by atoms with Gasteiger partial charge in [0.1, 0.15) is 36.3 Å². The molecule has 1 aliphatic rings. The standard InChI is InChI=1S/C43H77N13O10S/c1-11-16-27(36(61)53-34(25(6)12-2)39(64)51-28(17-14-19-47-42(44)45)41(66)56-20-15-18-29(56)37(62)46-13-3)50-30(58)22-49-40(65)35(43(8,9)67)54-38(63)33(24(4)5)52-31(59)21-48-32(60)23-55(10)26(7)57/h24-25,27-29,33-35,67H,11-23H2,1-10H3,(H,46,62)(H,48,60)(H,49,65)(H,50,58)(H,51,64)(H,52,59)(H,53,61)(H,54,63)(H4,44,45,47)/t25-,27-,28-,29-,33-,34-,35-/m0/s1. The van der Waals surface area contributed by atoms with Gasteiger partial charge in [-0.3, -0.25) is 52.9 Å². The lowest BCUT2D eigenvalue weighted by Gasteiger charge is -2.32. The molecule has 7 atom stereocenters. The van der Waals surface area contributed by atoms with E-state index in [2.05, 4.69) is 60.2 Å². The molecule has 12 N–H and O–H groups in total. The highest BCUT2D eigenvalue weighted by Gasteiger charge is 2.40. The summed E-state index contributed by atoms with van der Waals surface area (Å²) in [4.78, 5) is 138. The molecule has 0 bridgehead atoms. The zero-order chi connectivity index (χ0) is 51.2. The molecule has 0 aromatic rings. The van der Waals surface area contributed by atoms with Crippen molar-refractivity contribution in [1.29, 1.82) is 0 Å². The van der Waals surface area contributed by atoms with E-state index in [1.54, 1.807) is 48.5 Å². The number of hydrogen-bond acceptors (Lipinski definition) is 12. The maximum absolute atomic E-state index is 14.0. The number of likely N-dealkylation sites (N-methyl/N-ethyl adjacent to an activating group) is 2. The van der Waals surface area contributed by atoms with Crippen LogP contribution in [0.2, 0.25) is 0 Å². The van der Waals surface area contributed by atoms with Crippen molar-refractivity contribution >= 4 is 77.7 Å². The number of likely N-dealkylation sites (tertiary alicyclic amines) is 1. The molecule has 0 spiro atoms. The lowest BCUT2D eigenvalue weighted by atomic mass is 9.96. The second kappa shape index (κ2) is 29.2. The first-order valence-corrected chi connectivity index (χ1v) is 23.4. The number of nitrogens with one attached hydrogen (secondary N) is 8. The van der Waals surface area contributed by atoms with Gasteiger partial charge in [0.2, 0.25) is 59.1 Å². The number of nitrogens with two attached hydrogens (primary N) is 2. The predicted molar refractivity (Wildman–Crippen MR) is 255 cm³/mol. The summed E-state index contributed by atoms with van der Waals surface area (Å²) >= 11 is 4.51. The first-order chi connectivity index (χ1) is 31.3. The molecule has 24 heteroatoms. The molecular formula is C43H77N13O10S. The zero-order valence-electron chi connectivity index (χ0n) is 40.8. The molecule has 380 valence electrons. The number of guanidine groups is 1. The quantitative estimate of drug-likeness (QED) is 0.0168. The van der Waals surface area contributed by atoms with Crippen LogP contribution in [0.25, 0.3) is 0 Å². The van der Waals surface area contributed by atoms with Crippen molar-refractivity contribution in [2.75, 3.05) is 46.3 Å². The van der Waals surface area contributed by atoms with Crippen LogP contribution in [-0.2, 0) is 47.9 Å². The fourth-order valence-corrected chi connectivity index (χ4v) is 7.14. The van der Waals surface area contributed by atoms with E-state index < -0.39 is 113 Å². The van der Waals surface area contributed by atoms with Gasteiger partial charge in [0, 0.05) is 38.4 Å². The van der Waals surface area contributed by atoms with Crippen molar-refractivity contribution in [2.24, 2.45) is 28.3 Å². The van der Waals surface area contributed by atoms with Crippen molar-refractivity contribution in [3.05, 3.63) is 0 Å². The Kier molecular flexibility index (Phi) is 25.8. The lowest BCUT2D eigenvalue weighted by Crippen LogP contribution is -2.61. The maximum atomic E-state index is 14.0. The van der Waals surface area contributed by atoms with Crippen LogP contribution in [0, 0.1) is 11.8 Å². The Morgan fingerprint density at radius 3 is 1.93 bits per heavy atom. The molecule has 0 aromatic carbocycles. The minimum absolute atomic E-state index is 0.133. The van der Waals surface area contributed by atoms with E-state index in [1.165, 1.54) is 18.9 Å². The molecular weight excluding hydrogens is 891 g/mol. The van der Waals surface area contributed by atoms with E-state index in [0.29, 0.717) is 45.2 Å². The molecule has 1 fully saturated rings. The second-order valence-electron chi connectivity index (χ2n) is 17.6. The normalized spacial score (nSPS) is 16.1. The van der Waals surface area contributed by atoms with Gasteiger partial charge in [-0.2, -0.15) is 12.6 Å². The number of rotatable bonds is 28. The Hall–Kier alpha value is -5.68. The van der Waals surface area contributed by atoms with Crippen molar-refractivity contribution in [2.45, 2.75) is 148 Å². The number of nitrogens with zero attached hydrogens (tertiary/aromatic N) is 3. The highest BCUT2D eigenvalue weighted by Crippen LogP contribution is 2.21. The van der Waals surface area contributed by atoms with Crippen LogP contribution in [0.5, 0.6) is 0 Å². The van der Waals surface area contributed by atoms with Crippen LogP contribution in [0.4, 0.5) is 0 Å². The molecule has 0 aromatic heterocycles. The smallest absolute Gasteiger partial charge is 0.245 e. The van der Waals surface area contributed by atoms with Gasteiger partial charge in [0.05, 0.1) is 19.6 Å². The molecule has 0 unspecified atom stereocenters. The number of aliphatic imine (C=N–C) groups is 1. The Labute approximate surface area is 399 Å². The van der Waals surface area contributed by atoms with Crippen LogP contribution in [0.3, 0.4) is 0 Å². The summed E-state index contributed by atoms with van der Waals surface area (Å²) in [7, 11) is 1.42. The van der Waals surface area contributed by atoms with Gasteiger partial charge in [-0.25, -0.2) is 0 Å². The predicted octanol–water partition coefficient (Wildman–Crippen LogP) is -2.49. The number of amides is 10. The zero-order valence-corrected chi connectivity index (χ0v) is 41.7. The van der Waals surface area contributed by atoms with Crippen LogP contribution >= 0.6 is 12.6 Å². The first kappa shape index (κ1) is 59.3. The molecule has 10 amide bonds. The highest BCUT2D eigenvalue weighted by atomic mass is 32.1. The highest BCUT2D eigenvalue weighted by molar-refractivity contribution is 7.81. The SMILES string of the molecule is CCC[C@H](NC(=O)CNC(=O)[C@H](NC(=O)[C@@H](NC(=O)CNC(=O)CN(C)C(C)=O)C(C)C)C(C)(C)S)C(=O)N[C@H](C(=O)N[C@@H](CCCN=C(N)N)C(=O)N1CCC[C@H]1C(=O)NCC)[C@@H](C)CC. The monoisotopic (exact) mass is 968 g/mol. The van der Waals surface area contributed by atoms with Crippen LogP contribution in [-0.4, -0.2) is 162 Å². The topological polar surface area (TPSA) is 338 Å². The third-order valence-electron chi connectivity index (χ3n) is 11.1. The summed E-state index contributed by atoms with van der Waals surface area (Å²) in [5.74, 6) is -7.02. The van der Waals surface area contributed by atoms with Gasteiger partial charge in [0.15, 0.2) is 5.96 Å². The summed E-state index contributed by atoms with van der Waals surface area (Å²) in [6, 6.07) is -6.53. The molecule has 23 nitrogen and oxygen atoms in total. The number of carbonyl (C=O) groups is 10. The molecule has 0 radical (unpaired) electrons. The summed E-state index contributed by atoms with van der Waals surface area (Å²) in [5.41, 5.74) is 11.0. The minimum atomic E-state index is -1.33. The van der Waals surface area contributed by atoms with Gasteiger partial charge in [-0.1, -0.05) is 47.5 Å². The largest absolute Gasteiger partial charge is 0.370 e. The van der Waals surface area contributed by atoms with Crippen molar-refractivity contribution < 1.29 is 47.9 Å². The minimum Gasteiger partial charge on any atom is -0.370 e. The van der Waals surface area contributed by atoms with E-state index in [4.69, 9.17) is 11.5 Å². The third-order valence-corrected chi connectivity index (χ3v) is 11.3. The molecule has 67 heavy (non-hydrogen) atoms. The van der Waals surface area contributed by atoms with Gasteiger partial charge in [-0.15, -0.1) is 0 Å². The van der Waals surface area contributed by atoms with E-state index in [0.717, 1.165) is 4.90 Å². The van der Waals surface area contributed by atoms with E-state index >= 15 is 0 Å². The Morgan fingerprint density at radius 1 is 0.761 bits per heavy atom. The number of hydrogen-bond donors (Lipinski definition) is 11. The first-order valence-electron chi connectivity index (χ1n) is 22.9. The Bertz CT molecular complexity index is 1770. The van der Waals surface area contributed by atoms with Crippen LogP contribution < -0.4 is 54.0 Å². The molecule has 1 heterocycles. The Morgan fingerprint density at radius 2 is 1.37 bits per heavy atom. The van der Waals surface area contributed by atoms with E-state index in [9.17, 15) is 47.9 Å². The van der Waals surface area contributed by atoms with Crippen LogP contribution in [0.1, 0.15) is 107 Å².